The zero-order chi connectivity index (χ0) is 21.0. The summed E-state index contributed by atoms with van der Waals surface area (Å²) in [6.07, 6.45) is 3.81. The molecule has 0 bridgehead atoms. The number of rotatable bonds is 2. The van der Waals surface area contributed by atoms with Gasteiger partial charge in [0.25, 0.3) is 0 Å². The second-order valence-corrected chi connectivity index (χ2v) is 7.45. The predicted octanol–water partition coefficient (Wildman–Crippen LogP) is 5.11. The Morgan fingerprint density at radius 3 is 2.53 bits per heavy atom. The first-order chi connectivity index (χ1) is 14.5. The molecule has 3 aromatic heterocycles. The summed E-state index contributed by atoms with van der Waals surface area (Å²) in [6.45, 7) is 1.98. The van der Waals surface area contributed by atoms with Crippen LogP contribution < -0.4 is 0 Å². The maximum Gasteiger partial charge on any atom is 0.141 e. The van der Waals surface area contributed by atoms with Crippen LogP contribution in [0.15, 0.2) is 54.9 Å². The minimum atomic E-state index is -0.535. The molecule has 0 amide bonds. The van der Waals surface area contributed by atoms with Gasteiger partial charge in [-0.15, -0.1) is 0 Å². The van der Waals surface area contributed by atoms with Gasteiger partial charge in [0.1, 0.15) is 11.9 Å². The van der Waals surface area contributed by atoms with Crippen molar-refractivity contribution < 1.29 is 4.39 Å². The smallest absolute Gasteiger partial charge is 0.141 e. The minimum Gasteiger partial charge on any atom is -0.349 e. The first kappa shape index (κ1) is 18.1. The van der Waals surface area contributed by atoms with Gasteiger partial charge in [-0.1, -0.05) is 12.1 Å². The Morgan fingerprint density at radius 1 is 0.967 bits per heavy atom. The first-order valence-electron chi connectivity index (χ1n) is 9.55. The molecule has 30 heavy (non-hydrogen) atoms. The van der Waals surface area contributed by atoms with Crippen LogP contribution in [-0.4, -0.2) is 19.3 Å². The second-order valence-electron chi connectivity index (χ2n) is 7.45. The number of hydrogen-bond acceptors (Lipinski definition) is 3. The maximum absolute atomic E-state index is 14.5. The molecule has 0 atom stereocenters. The van der Waals surface area contributed by atoms with E-state index in [1.807, 2.05) is 66.9 Å². The molecular formula is C24H18FN5. The fourth-order valence-corrected chi connectivity index (χ4v) is 4.09. The van der Waals surface area contributed by atoms with E-state index in [0.29, 0.717) is 5.56 Å². The monoisotopic (exact) mass is 395 g/mol. The van der Waals surface area contributed by atoms with Crippen molar-refractivity contribution in [1.29, 1.82) is 5.26 Å². The third kappa shape index (κ3) is 2.60. The van der Waals surface area contributed by atoms with E-state index in [1.165, 1.54) is 12.1 Å². The third-order valence-electron chi connectivity index (χ3n) is 5.63. The van der Waals surface area contributed by atoms with E-state index in [4.69, 9.17) is 10.2 Å². The number of pyridine rings is 1. The Hall–Kier alpha value is -3.98. The summed E-state index contributed by atoms with van der Waals surface area (Å²) >= 11 is 0. The number of nitriles is 1. The van der Waals surface area contributed by atoms with Crippen LogP contribution in [0.1, 0.15) is 11.3 Å². The lowest BCUT2D eigenvalue weighted by molar-refractivity contribution is 0.624. The molecular weight excluding hydrogens is 377 g/mol. The van der Waals surface area contributed by atoms with Gasteiger partial charge in [0, 0.05) is 42.2 Å². The van der Waals surface area contributed by atoms with E-state index < -0.39 is 5.82 Å². The molecule has 0 radical (unpaired) electrons. The Bertz CT molecular complexity index is 1500. The number of aryl methyl sites for hydroxylation is 3. The number of fused-ring (bicyclic) bond motifs is 2. The molecule has 2 aromatic carbocycles. The molecule has 0 N–H and O–H groups in total. The summed E-state index contributed by atoms with van der Waals surface area (Å²) < 4.78 is 18.3. The van der Waals surface area contributed by atoms with Crippen LogP contribution in [0, 0.1) is 24.1 Å². The summed E-state index contributed by atoms with van der Waals surface area (Å²) in [6, 6.07) is 14.7. The topological polar surface area (TPSA) is 59.4 Å². The Kier molecular flexibility index (Phi) is 3.93. The van der Waals surface area contributed by atoms with E-state index in [-0.39, 0.29) is 5.56 Å². The van der Waals surface area contributed by atoms with Gasteiger partial charge in [0.05, 0.1) is 34.2 Å². The molecule has 0 aliphatic heterocycles. The number of aromatic nitrogens is 4. The van der Waals surface area contributed by atoms with Gasteiger partial charge in [0.15, 0.2) is 0 Å². The molecule has 5 rings (SSSR count). The third-order valence-corrected chi connectivity index (χ3v) is 5.63. The van der Waals surface area contributed by atoms with Gasteiger partial charge in [-0.25, -0.2) is 4.39 Å². The van der Waals surface area contributed by atoms with E-state index in [2.05, 4.69) is 11.2 Å². The van der Waals surface area contributed by atoms with Crippen LogP contribution in [-0.2, 0) is 14.1 Å². The van der Waals surface area contributed by atoms with Gasteiger partial charge in [-0.3, -0.25) is 9.67 Å². The van der Waals surface area contributed by atoms with Crippen LogP contribution in [0.2, 0.25) is 0 Å². The number of nitrogens with zero attached hydrogens (tertiary/aromatic N) is 5. The van der Waals surface area contributed by atoms with Gasteiger partial charge in [0.2, 0.25) is 0 Å². The zero-order valence-corrected chi connectivity index (χ0v) is 16.8. The lowest BCUT2D eigenvalue weighted by atomic mass is 9.95. The number of halogens is 1. The van der Waals surface area contributed by atoms with Gasteiger partial charge in [-0.2, -0.15) is 10.4 Å². The van der Waals surface area contributed by atoms with Crippen molar-refractivity contribution in [3.63, 3.8) is 0 Å². The SMILES string of the molecule is Cc1nn(C)c2ccc(-c3ncc4c(ccn4C)c3-c3ccc(C#N)c(F)c3)cc12. The molecule has 0 aliphatic carbocycles. The second kappa shape index (κ2) is 6.53. The molecule has 0 saturated carbocycles. The van der Waals surface area contributed by atoms with Crippen molar-refractivity contribution in [2.75, 3.05) is 0 Å². The maximum atomic E-state index is 14.5. The average Bonchev–Trinajstić information content (AvgIpc) is 3.26. The van der Waals surface area contributed by atoms with Gasteiger partial charge < -0.3 is 4.57 Å². The molecule has 0 unspecified atom stereocenters. The standard InChI is InChI=1S/C24H18FN5/c1-14-19-10-16(6-7-21(19)30(3)28-14)24-23(15-4-5-17(12-26)20(25)11-15)18-8-9-29(2)22(18)13-27-24/h4-11,13H,1-3H3. The van der Waals surface area contributed by atoms with Crippen molar-refractivity contribution in [3.8, 4) is 28.5 Å². The molecule has 0 spiro atoms. The molecule has 5 aromatic rings. The Morgan fingerprint density at radius 2 is 1.77 bits per heavy atom. The van der Waals surface area contributed by atoms with E-state index in [9.17, 15) is 4.39 Å². The van der Waals surface area contributed by atoms with Crippen molar-refractivity contribution in [2.24, 2.45) is 14.1 Å². The van der Waals surface area contributed by atoms with Crippen molar-refractivity contribution in [3.05, 3.63) is 71.9 Å². The minimum absolute atomic E-state index is 0.0286. The quantitative estimate of drug-likeness (QED) is 0.417. The van der Waals surface area contributed by atoms with Crippen molar-refractivity contribution >= 4 is 21.8 Å². The first-order valence-corrected chi connectivity index (χ1v) is 9.55. The summed E-state index contributed by atoms with van der Waals surface area (Å²) in [5.74, 6) is -0.535. The summed E-state index contributed by atoms with van der Waals surface area (Å²) in [4.78, 5) is 4.77. The van der Waals surface area contributed by atoms with Crippen LogP contribution in [0.4, 0.5) is 4.39 Å². The molecule has 3 heterocycles. The summed E-state index contributed by atoms with van der Waals surface area (Å²) in [5, 5.41) is 15.6. The Labute approximate surface area is 172 Å². The molecule has 5 nitrogen and oxygen atoms in total. The molecule has 0 aliphatic rings. The van der Waals surface area contributed by atoms with E-state index in [0.717, 1.165) is 44.3 Å². The Balaban J connectivity index is 1.83. The molecule has 0 saturated heterocycles. The van der Waals surface area contributed by atoms with Gasteiger partial charge in [-0.05, 0) is 42.8 Å². The van der Waals surface area contributed by atoms with Gasteiger partial charge >= 0.3 is 0 Å². The fraction of sp³-hybridized carbons (Fsp3) is 0.125. The van der Waals surface area contributed by atoms with Crippen molar-refractivity contribution in [1.82, 2.24) is 19.3 Å². The van der Waals surface area contributed by atoms with Crippen LogP contribution >= 0.6 is 0 Å². The van der Waals surface area contributed by atoms with Crippen molar-refractivity contribution in [2.45, 2.75) is 6.92 Å². The van der Waals surface area contributed by atoms with Crippen LogP contribution in [0.5, 0.6) is 0 Å². The normalized spacial score (nSPS) is 11.3. The van der Waals surface area contributed by atoms with E-state index >= 15 is 0 Å². The summed E-state index contributed by atoms with van der Waals surface area (Å²) in [7, 11) is 3.88. The number of hydrogen-bond donors (Lipinski definition) is 0. The highest BCUT2D eigenvalue weighted by molar-refractivity contribution is 6.02. The average molecular weight is 395 g/mol. The van der Waals surface area contributed by atoms with E-state index in [1.54, 1.807) is 6.07 Å². The highest BCUT2D eigenvalue weighted by atomic mass is 19.1. The number of benzene rings is 2. The molecule has 6 heteroatoms. The fourth-order valence-electron chi connectivity index (χ4n) is 4.09. The largest absolute Gasteiger partial charge is 0.349 e. The molecule has 0 fully saturated rings. The molecule has 146 valence electrons. The highest BCUT2D eigenvalue weighted by Gasteiger charge is 2.18. The van der Waals surface area contributed by atoms with Crippen LogP contribution in [0.25, 0.3) is 44.2 Å². The zero-order valence-electron chi connectivity index (χ0n) is 16.8. The highest BCUT2D eigenvalue weighted by Crippen LogP contribution is 2.38. The lowest BCUT2D eigenvalue weighted by Crippen LogP contribution is -1.94. The van der Waals surface area contributed by atoms with Crippen LogP contribution in [0.3, 0.4) is 0 Å². The predicted molar refractivity (Wildman–Crippen MR) is 115 cm³/mol. The lowest BCUT2D eigenvalue weighted by Gasteiger charge is -2.12. The summed E-state index contributed by atoms with van der Waals surface area (Å²) in [5.41, 5.74) is 6.21.